The number of para-hydroxylation sites is 1. The molecule has 4 rings (SSSR count). The first-order chi connectivity index (χ1) is 14.2. The Hall–Kier alpha value is -2.59. The van der Waals surface area contributed by atoms with E-state index in [1.54, 1.807) is 6.26 Å². The van der Waals surface area contributed by atoms with Crippen LogP contribution in [0.25, 0.3) is 11.0 Å². The molecule has 2 aromatic carbocycles. The predicted octanol–water partition coefficient (Wildman–Crippen LogP) is 5.27. The van der Waals surface area contributed by atoms with Crippen molar-refractivity contribution in [2.24, 2.45) is 0 Å². The number of rotatable bonds is 6. The van der Waals surface area contributed by atoms with E-state index in [0.717, 1.165) is 49.0 Å². The van der Waals surface area contributed by atoms with E-state index < -0.39 is 0 Å². The van der Waals surface area contributed by atoms with Crippen molar-refractivity contribution in [3.8, 4) is 0 Å². The summed E-state index contributed by atoms with van der Waals surface area (Å²) in [5.41, 5.74) is 3.30. The Kier molecular flexibility index (Phi) is 6.00. The Morgan fingerprint density at radius 2 is 1.90 bits per heavy atom. The van der Waals surface area contributed by atoms with Crippen molar-refractivity contribution in [3.05, 3.63) is 66.4 Å². The average Bonchev–Trinajstić information content (AvgIpc) is 3.23. The summed E-state index contributed by atoms with van der Waals surface area (Å²) in [5.74, 6) is 0.217. The number of furan rings is 1. The molecule has 0 bridgehead atoms. The van der Waals surface area contributed by atoms with E-state index >= 15 is 0 Å². The summed E-state index contributed by atoms with van der Waals surface area (Å²) in [6, 6.07) is 19.4. The van der Waals surface area contributed by atoms with Gasteiger partial charge in [-0.2, -0.15) is 0 Å². The maximum atomic E-state index is 12.7. The van der Waals surface area contributed by atoms with E-state index in [-0.39, 0.29) is 11.9 Å². The minimum atomic E-state index is 0.217. The van der Waals surface area contributed by atoms with Crippen LogP contribution in [0.3, 0.4) is 0 Å². The van der Waals surface area contributed by atoms with Gasteiger partial charge in [-0.25, -0.2) is 0 Å². The third kappa shape index (κ3) is 4.38. The summed E-state index contributed by atoms with van der Waals surface area (Å²) in [5, 5.41) is 1.16. The number of piperidine rings is 1. The number of anilines is 1. The molecular formula is C25H30N2O2. The first kappa shape index (κ1) is 19.7. The van der Waals surface area contributed by atoms with Gasteiger partial charge in [-0.15, -0.1) is 0 Å². The van der Waals surface area contributed by atoms with E-state index in [4.69, 9.17) is 4.42 Å². The molecule has 152 valence electrons. The van der Waals surface area contributed by atoms with Crippen molar-refractivity contribution in [2.75, 3.05) is 18.0 Å². The Balaban J connectivity index is 1.39. The number of benzene rings is 2. The standard InChI is InChI=1S/C25H30N2O2/c1-3-25(28)27(22-7-5-4-6-8-22)23-11-14-26(15-12-23)19(2)17-20-9-10-21-13-16-29-24(21)18-20/h4-10,13,16,18-19,23H,3,11-12,14-15,17H2,1-2H3. The molecule has 3 aromatic rings. The summed E-state index contributed by atoms with van der Waals surface area (Å²) in [4.78, 5) is 17.2. The van der Waals surface area contributed by atoms with Crippen molar-refractivity contribution in [1.82, 2.24) is 4.90 Å². The molecular weight excluding hydrogens is 360 g/mol. The summed E-state index contributed by atoms with van der Waals surface area (Å²) in [6.45, 7) is 6.30. The Labute approximate surface area is 173 Å². The number of hydrogen-bond acceptors (Lipinski definition) is 3. The van der Waals surface area contributed by atoms with E-state index in [9.17, 15) is 4.79 Å². The van der Waals surface area contributed by atoms with Crippen LogP contribution in [0, 0.1) is 0 Å². The van der Waals surface area contributed by atoms with Crippen molar-refractivity contribution >= 4 is 22.6 Å². The van der Waals surface area contributed by atoms with Crippen LogP contribution >= 0.6 is 0 Å². The molecule has 4 nitrogen and oxygen atoms in total. The van der Waals surface area contributed by atoms with Crippen LogP contribution in [-0.2, 0) is 11.2 Å². The number of hydrogen-bond donors (Lipinski definition) is 0. The van der Waals surface area contributed by atoms with Gasteiger partial charge >= 0.3 is 0 Å². The van der Waals surface area contributed by atoms with Crippen LogP contribution in [0.1, 0.15) is 38.7 Å². The second-order valence-corrected chi connectivity index (χ2v) is 8.07. The van der Waals surface area contributed by atoms with Crippen LogP contribution in [0.4, 0.5) is 5.69 Å². The molecule has 4 heteroatoms. The van der Waals surface area contributed by atoms with Gasteiger partial charge in [-0.05, 0) is 56.0 Å². The van der Waals surface area contributed by atoms with Gasteiger partial charge < -0.3 is 14.2 Å². The maximum absolute atomic E-state index is 12.7. The molecule has 0 radical (unpaired) electrons. The smallest absolute Gasteiger partial charge is 0.226 e. The van der Waals surface area contributed by atoms with Gasteiger partial charge in [0.25, 0.3) is 0 Å². The number of amides is 1. The molecule has 1 unspecified atom stereocenters. The molecule has 2 heterocycles. The molecule has 29 heavy (non-hydrogen) atoms. The average molecular weight is 391 g/mol. The quantitative estimate of drug-likeness (QED) is 0.575. The summed E-state index contributed by atoms with van der Waals surface area (Å²) in [6.07, 6.45) is 5.33. The highest BCUT2D eigenvalue weighted by molar-refractivity contribution is 5.93. The fourth-order valence-electron chi connectivity index (χ4n) is 4.50. The molecule has 0 N–H and O–H groups in total. The Bertz CT molecular complexity index is 942. The number of nitrogens with zero attached hydrogens (tertiary/aromatic N) is 2. The number of fused-ring (bicyclic) bond motifs is 1. The highest BCUT2D eigenvalue weighted by Gasteiger charge is 2.29. The lowest BCUT2D eigenvalue weighted by Crippen LogP contribution is -2.49. The monoisotopic (exact) mass is 390 g/mol. The molecule has 1 aromatic heterocycles. The maximum Gasteiger partial charge on any atom is 0.226 e. The van der Waals surface area contributed by atoms with E-state index in [2.05, 4.69) is 30.0 Å². The van der Waals surface area contributed by atoms with Crippen LogP contribution in [0.15, 0.2) is 65.3 Å². The highest BCUT2D eigenvalue weighted by Crippen LogP contribution is 2.26. The van der Waals surface area contributed by atoms with Gasteiger partial charge in [0.1, 0.15) is 5.58 Å². The molecule has 1 aliphatic heterocycles. The molecule has 0 spiro atoms. The molecule has 0 aliphatic carbocycles. The predicted molar refractivity (Wildman–Crippen MR) is 118 cm³/mol. The molecule has 0 saturated carbocycles. The largest absolute Gasteiger partial charge is 0.464 e. The minimum Gasteiger partial charge on any atom is -0.464 e. The zero-order valence-electron chi connectivity index (χ0n) is 17.4. The van der Waals surface area contributed by atoms with E-state index in [1.165, 1.54) is 5.56 Å². The lowest BCUT2D eigenvalue weighted by molar-refractivity contribution is -0.119. The van der Waals surface area contributed by atoms with Crippen LogP contribution in [0.2, 0.25) is 0 Å². The fourth-order valence-corrected chi connectivity index (χ4v) is 4.50. The molecule has 1 atom stereocenters. The zero-order valence-corrected chi connectivity index (χ0v) is 17.4. The molecule has 1 amide bonds. The normalized spacial score (nSPS) is 16.8. The lowest BCUT2D eigenvalue weighted by Gasteiger charge is -2.40. The number of carbonyl (C=O) groups is 1. The third-order valence-corrected chi connectivity index (χ3v) is 6.14. The Morgan fingerprint density at radius 1 is 1.14 bits per heavy atom. The summed E-state index contributed by atoms with van der Waals surface area (Å²) < 4.78 is 5.55. The SMILES string of the molecule is CCC(=O)N(c1ccccc1)C1CCN(C(C)Cc2ccc3ccoc3c2)CC1. The summed E-state index contributed by atoms with van der Waals surface area (Å²) in [7, 11) is 0. The fraction of sp³-hybridized carbons (Fsp3) is 0.400. The number of likely N-dealkylation sites (tertiary alicyclic amines) is 1. The molecule has 1 fully saturated rings. The second kappa shape index (κ2) is 8.83. The van der Waals surface area contributed by atoms with Crippen molar-refractivity contribution in [3.63, 3.8) is 0 Å². The van der Waals surface area contributed by atoms with Gasteiger partial charge in [-0.1, -0.05) is 37.3 Å². The number of carbonyl (C=O) groups excluding carboxylic acids is 1. The Morgan fingerprint density at radius 3 is 2.62 bits per heavy atom. The molecule has 1 aliphatic rings. The molecule has 1 saturated heterocycles. The van der Waals surface area contributed by atoms with Gasteiger partial charge in [0.2, 0.25) is 5.91 Å². The minimum absolute atomic E-state index is 0.217. The topological polar surface area (TPSA) is 36.7 Å². The first-order valence-electron chi connectivity index (χ1n) is 10.7. The lowest BCUT2D eigenvalue weighted by atomic mass is 9.98. The van der Waals surface area contributed by atoms with Crippen LogP contribution in [-0.4, -0.2) is 36.0 Å². The third-order valence-electron chi connectivity index (χ3n) is 6.14. The van der Waals surface area contributed by atoms with Crippen molar-refractivity contribution in [2.45, 2.75) is 51.6 Å². The highest BCUT2D eigenvalue weighted by atomic mass is 16.3. The van der Waals surface area contributed by atoms with Crippen molar-refractivity contribution in [1.29, 1.82) is 0 Å². The first-order valence-corrected chi connectivity index (χ1v) is 10.7. The van der Waals surface area contributed by atoms with Crippen molar-refractivity contribution < 1.29 is 9.21 Å². The van der Waals surface area contributed by atoms with Crippen LogP contribution in [0.5, 0.6) is 0 Å². The van der Waals surface area contributed by atoms with E-state index in [1.807, 2.05) is 48.2 Å². The van der Waals surface area contributed by atoms with Gasteiger partial charge in [0.05, 0.1) is 6.26 Å². The second-order valence-electron chi connectivity index (χ2n) is 8.07. The van der Waals surface area contributed by atoms with Crippen LogP contribution < -0.4 is 4.90 Å². The van der Waals surface area contributed by atoms with Gasteiger partial charge in [-0.3, -0.25) is 4.79 Å². The zero-order chi connectivity index (χ0) is 20.2. The van der Waals surface area contributed by atoms with Gasteiger partial charge in [0, 0.05) is 42.7 Å². The summed E-state index contributed by atoms with van der Waals surface area (Å²) >= 11 is 0. The van der Waals surface area contributed by atoms with Gasteiger partial charge in [0.15, 0.2) is 0 Å². The van der Waals surface area contributed by atoms with E-state index in [0.29, 0.717) is 12.5 Å².